The standard InChI is InChI=1S/C17H13ClN4O2/c18-14-4-2-1-3-13(14)17(23)22-9-12(10-22)16-20-15(21-24-16)11-5-7-19-8-6-11/h1-8,12H,9-10H2. The average molecular weight is 341 g/mol. The van der Waals surface area contributed by atoms with Gasteiger partial charge in [0.05, 0.1) is 16.5 Å². The Hall–Kier alpha value is -2.73. The Morgan fingerprint density at radius 2 is 1.92 bits per heavy atom. The van der Waals surface area contributed by atoms with Gasteiger partial charge in [0.2, 0.25) is 11.7 Å². The van der Waals surface area contributed by atoms with Gasteiger partial charge in [-0.05, 0) is 24.3 Å². The molecule has 0 unspecified atom stereocenters. The number of rotatable bonds is 3. The fourth-order valence-electron chi connectivity index (χ4n) is 2.62. The molecule has 120 valence electrons. The Bertz CT molecular complexity index is 875. The summed E-state index contributed by atoms with van der Waals surface area (Å²) in [6.07, 6.45) is 3.36. The van der Waals surface area contributed by atoms with Gasteiger partial charge >= 0.3 is 0 Å². The molecule has 0 radical (unpaired) electrons. The molecule has 3 heterocycles. The SMILES string of the molecule is O=C(c1ccccc1Cl)N1CC(c2nc(-c3ccncc3)no2)C1. The van der Waals surface area contributed by atoms with Crippen LogP contribution < -0.4 is 0 Å². The molecule has 1 aliphatic heterocycles. The maximum absolute atomic E-state index is 12.4. The van der Waals surface area contributed by atoms with Crippen molar-refractivity contribution >= 4 is 17.5 Å². The van der Waals surface area contributed by atoms with E-state index in [2.05, 4.69) is 15.1 Å². The van der Waals surface area contributed by atoms with Crippen LogP contribution in [0.25, 0.3) is 11.4 Å². The summed E-state index contributed by atoms with van der Waals surface area (Å²) in [6.45, 7) is 1.09. The van der Waals surface area contributed by atoms with Crippen LogP contribution in [0.1, 0.15) is 22.2 Å². The fourth-order valence-corrected chi connectivity index (χ4v) is 2.84. The Morgan fingerprint density at radius 3 is 2.67 bits per heavy atom. The van der Waals surface area contributed by atoms with E-state index in [0.29, 0.717) is 35.4 Å². The highest BCUT2D eigenvalue weighted by atomic mass is 35.5. The zero-order valence-electron chi connectivity index (χ0n) is 12.6. The number of benzene rings is 1. The van der Waals surface area contributed by atoms with E-state index >= 15 is 0 Å². The first-order valence-corrected chi connectivity index (χ1v) is 7.88. The van der Waals surface area contributed by atoms with Gasteiger partial charge in [-0.25, -0.2) is 0 Å². The molecule has 2 aromatic heterocycles. The highest BCUT2D eigenvalue weighted by Gasteiger charge is 2.36. The molecule has 1 amide bonds. The van der Waals surface area contributed by atoms with Crippen LogP contribution in [-0.4, -0.2) is 39.0 Å². The van der Waals surface area contributed by atoms with Crippen molar-refractivity contribution < 1.29 is 9.32 Å². The summed E-state index contributed by atoms with van der Waals surface area (Å²) in [5.41, 5.74) is 1.36. The van der Waals surface area contributed by atoms with Gasteiger partial charge in [-0.3, -0.25) is 9.78 Å². The molecule has 0 atom stereocenters. The van der Waals surface area contributed by atoms with Crippen LogP contribution in [0.5, 0.6) is 0 Å². The second kappa shape index (κ2) is 6.05. The van der Waals surface area contributed by atoms with E-state index in [4.69, 9.17) is 16.1 Å². The first kappa shape index (κ1) is 14.8. The van der Waals surface area contributed by atoms with Crippen molar-refractivity contribution in [3.05, 3.63) is 65.3 Å². The van der Waals surface area contributed by atoms with Crippen LogP contribution in [0.3, 0.4) is 0 Å². The largest absolute Gasteiger partial charge is 0.339 e. The smallest absolute Gasteiger partial charge is 0.255 e. The molecule has 0 bridgehead atoms. The number of likely N-dealkylation sites (tertiary alicyclic amines) is 1. The molecule has 0 aliphatic carbocycles. The molecule has 24 heavy (non-hydrogen) atoms. The van der Waals surface area contributed by atoms with Crippen LogP contribution >= 0.6 is 11.6 Å². The van der Waals surface area contributed by atoms with Crippen molar-refractivity contribution in [2.75, 3.05) is 13.1 Å². The molecular formula is C17H13ClN4O2. The first-order valence-electron chi connectivity index (χ1n) is 7.50. The second-order valence-electron chi connectivity index (χ2n) is 5.58. The molecular weight excluding hydrogens is 328 g/mol. The lowest BCUT2D eigenvalue weighted by molar-refractivity contribution is 0.0569. The van der Waals surface area contributed by atoms with E-state index < -0.39 is 0 Å². The van der Waals surface area contributed by atoms with Crippen molar-refractivity contribution in [2.24, 2.45) is 0 Å². The molecule has 1 saturated heterocycles. The quantitative estimate of drug-likeness (QED) is 0.732. The first-order chi connectivity index (χ1) is 11.7. The van der Waals surface area contributed by atoms with Gasteiger partial charge in [-0.1, -0.05) is 28.9 Å². The maximum atomic E-state index is 12.4. The lowest BCUT2D eigenvalue weighted by atomic mass is 9.98. The summed E-state index contributed by atoms with van der Waals surface area (Å²) < 4.78 is 5.33. The van der Waals surface area contributed by atoms with Crippen molar-refractivity contribution in [2.45, 2.75) is 5.92 Å². The number of aromatic nitrogens is 3. The number of carbonyl (C=O) groups is 1. The van der Waals surface area contributed by atoms with Crippen LogP contribution in [0, 0.1) is 0 Å². The highest BCUT2D eigenvalue weighted by Crippen LogP contribution is 2.29. The van der Waals surface area contributed by atoms with E-state index in [1.807, 2.05) is 12.1 Å². The summed E-state index contributed by atoms with van der Waals surface area (Å²) in [5, 5.41) is 4.45. The minimum absolute atomic E-state index is 0.0551. The predicted molar refractivity (Wildman–Crippen MR) is 87.6 cm³/mol. The van der Waals surface area contributed by atoms with Crippen molar-refractivity contribution in [3.8, 4) is 11.4 Å². The third kappa shape index (κ3) is 2.65. The van der Waals surface area contributed by atoms with Gasteiger partial charge in [0, 0.05) is 31.0 Å². The molecule has 3 aromatic rings. The number of nitrogens with zero attached hydrogens (tertiary/aromatic N) is 4. The maximum Gasteiger partial charge on any atom is 0.255 e. The van der Waals surface area contributed by atoms with Crippen LogP contribution in [0.2, 0.25) is 5.02 Å². The zero-order valence-corrected chi connectivity index (χ0v) is 13.3. The Kier molecular flexibility index (Phi) is 3.74. The normalized spacial score (nSPS) is 14.5. The molecule has 0 saturated carbocycles. The third-order valence-corrected chi connectivity index (χ3v) is 4.33. The molecule has 1 fully saturated rings. The number of hydrogen-bond donors (Lipinski definition) is 0. The lowest BCUT2D eigenvalue weighted by Gasteiger charge is -2.37. The van der Waals surface area contributed by atoms with Crippen molar-refractivity contribution in [3.63, 3.8) is 0 Å². The van der Waals surface area contributed by atoms with Crippen molar-refractivity contribution in [1.82, 2.24) is 20.0 Å². The molecule has 0 N–H and O–H groups in total. The van der Waals surface area contributed by atoms with Crippen LogP contribution in [0.4, 0.5) is 0 Å². The molecule has 7 heteroatoms. The Balaban J connectivity index is 1.44. The highest BCUT2D eigenvalue weighted by molar-refractivity contribution is 6.33. The van der Waals surface area contributed by atoms with E-state index in [1.165, 1.54) is 0 Å². The minimum atomic E-state index is -0.0780. The number of amides is 1. The monoisotopic (exact) mass is 340 g/mol. The molecule has 1 aromatic carbocycles. The number of pyridine rings is 1. The number of carbonyl (C=O) groups excluding carboxylic acids is 1. The van der Waals surface area contributed by atoms with Crippen molar-refractivity contribution in [1.29, 1.82) is 0 Å². The predicted octanol–water partition coefficient (Wildman–Crippen LogP) is 3.02. The Morgan fingerprint density at radius 1 is 1.17 bits per heavy atom. The summed E-state index contributed by atoms with van der Waals surface area (Å²) in [5.74, 6) is 1.05. The van der Waals surface area contributed by atoms with E-state index in [9.17, 15) is 4.79 Å². The van der Waals surface area contributed by atoms with Gasteiger partial charge in [-0.2, -0.15) is 4.98 Å². The van der Waals surface area contributed by atoms with Gasteiger partial charge in [0.15, 0.2) is 0 Å². The fraction of sp³-hybridized carbons (Fsp3) is 0.176. The third-order valence-electron chi connectivity index (χ3n) is 4.00. The van der Waals surface area contributed by atoms with E-state index in [0.717, 1.165) is 5.56 Å². The number of halogens is 1. The molecule has 1 aliphatic rings. The summed E-state index contributed by atoms with van der Waals surface area (Å²) in [6, 6.07) is 10.7. The molecule has 4 rings (SSSR count). The van der Waals surface area contributed by atoms with Crippen LogP contribution in [-0.2, 0) is 0 Å². The summed E-state index contributed by atoms with van der Waals surface area (Å²) in [7, 11) is 0. The summed E-state index contributed by atoms with van der Waals surface area (Å²) >= 11 is 6.08. The topological polar surface area (TPSA) is 72.1 Å². The van der Waals surface area contributed by atoms with E-state index in [1.54, 1.807) is 41.6 Å². The van der Waals surface area contributed by atoms with Gasteiger partial charge in [-0.15, -0.1) is 0 Å². The lowest BCUT2D eigenvalue weighted by Crippen LogP contribution is -2.48. The van der Waals surface area contributed by atoms with Gasteiger partial charge in [0.1, 0.15) is 0 Å². The molecule has 6 nitrogen and oxygen atoms in total. The second-order valence-corrected chi connectivity index (χ2v) is 5.99. The van der Waals surface area contributed by atoms with Gasteiger partial charge < -0.3 is 9.42 Å². The summed E-state index contributed by atoms with van der Waals surface area (Å²) in [4.78, 5) is 22.5. The zero-order chi connectivity index (χ0) is 16.5. The number of hydrogen-bond acceptors (Lipinski definition) is 5. The average Bonchev–Trinajstić information content (AvgIpc) is 3.04. The van der Waals surface area contributed by atoms with E-state index in [-0.39, 0.29) is 11.8 Å². The van der Waals surface area contributed by atoms with Gasteiger partial charge in [0.25, 0.3) is 5.91 Å². The minimum Gasteiger partial charge on any atom is -0.339 e. The molecule has 0 spiro atoms. The van der Waals surface area contributed by atoms with Crippen LogP contribution in [0.15, 0.2) is 53.3 Å². The Labute approximate surface area is 143 Å².